The van der Waals surface area contributed by atoms with E-state index >= 15 is 0 Å². The third-order valence-corrected chi connectivity index (χ3v) is 3.77. The highest BCUT2D eigenvalue weighted by Gasteiger charge is 2.45. The van der Waals surface area contributed by atoms with Crippen molar-refractivity contribution in [1.29, 1.82) is 0 Å². The predicted molar refractivity (Wildman–Crippen MR) is 57.7 cm³/mol. The number of halogens is 1. The molecule has 0 amide bonds. The van der Waals surface area contributed by atoms with Crippen molar-refractivity contribution in [3.05, 3.63) is 12.2 Å². The molecule has 2 nitrogen and oxygen atoms in total. The monoisotopic (exact) mass is 323 g/mol. The summed E-state index contributed by atoms with van der Waals surface area (Å²) in [4.78, 5) is 0. The molecule has 0 radical (unpaired) electrons. The number of aliphatic hydroxyl groups is 1. The third kappa shape index (κ3) is 2.74. The maximum absolute atomic E-state index is 9.41. The molecular formula is C12H22INO. The normalized spacial score (nSPS) is 38.1. The Kier molecular flexibility index (Phi) is 4.23. The molecule has 88 valence electrons. The van der Waals surface area contributed by atoms with Gasteiger partial charge < -0.3 is 33.6 Å². The van der Waals surface area contributed by atoms with Gasteiger partial charge >= 0.3 is 0 Å². The molecule has 0 aliphatic heterocycles. The van der Waals surface area contributed by atoms with Crippen LogP contribution in [0.2, 0.25) is 0 Å². The molecule has 4 unspecified atom stereocenters. The number of hydrogen-bond donors (Lipinski definition) is 1. The average Bonchev–Trinajstić information content (AvgIpc) is 2.60. The molecule has 2 bridgehead atoms. The van der Waals surface area contributed by atoms with E-state index in [2.05, 4.69) is 33.3 Å². The van der Waals surface area contributed by atoms with Gasteiger partial charge in [0.2, 0.25) is 0 Å². The van der Waals surface area contributed by atoms with Crippen LogP contribution in [0.25, 0.3) is 0 Å². The predicted octanol–water partition coefficient (Wildman–Crippen LogP) is -1.87. The highest BCUT2D eigenvalue weighted by atomic mass is 127. The van der Waals surface area contributed by atoms with Crippen LogP contribution < -0.4 is 24.0 Å². The first-order valence-electron chi connectivity index (χ1n) is 5.61. The van der Waals surface area contributed by atoms with E-state index in [0.29, 0.717) is 24.4 Å². The highest BCUT2D eigenvalue weighted by molar-refractivity contribution is 5.13. The smallest absolute Gasteiger partial charge is 0.0818 e. The van der Waals surface area contributed by atoms with Crippen molar-refractivity contribution in [2.45, 2.75) is 6.42 Å². The molecule has 15 heavy (non-hydrogen) atoms. The summed E-state index contributed by atoms with van der Waals surface area (Å²) in [5.41, 5.74) is 0. The zero-order valence-corrected chi connectivity index (χ0v) is 12.0. The van der Waals surface area contributed by atoms with E-state index in [1.807, 2.05) is 0 Å². The SMILES string of the molecule is C[N+](C)(C)CC1C2C=CC(C2)C1CO.[I-]. The molecule has 0 spiro atoms. The van der Waals surface area contributed by atoms with Gasteiger partial charge in [-0.1, -0.05) is 12.2 Å². The van der Waals surface area contributed by atoms with Crippen LogP contribution in [0, 0.1) is 23.7 Å². The third-order valence-electron chi connectivity index (χ3n) is 3.77. The second kappa shape index (κ2) is 4.72. The Morgan fingerprint density at radius 3 is 2.13 bits per heavy atom. The van der Waals surface area contributed by atoms with Gasteiger partial charge in [0.1, 0.15) is 0 Å². The van der Waals surface area contributed by atoms with Crippen molar-refractivity contribution in [3.63, 3.8) is 0 Å². The summed E-state index contributed by atoms with van der Waals surface area (Å²) in [6.07, 6.45) is 5.98. The van der Waals surface area contributed by atoms with E-state index in [4.69, 9.17) is 0 Å². The Morgan fingerprint density at radius 2 is 1.67 bits per heavy atom. The molecule has 0 heterocycles. The molecule has 1 fully saturated rings. The summed E-state index contributed by atoms with van der Waals surface area (Å²) in [6, 6.07) is 0. The fourth-order valence-electron chi connectivity index (χ4n) is 3.20. The molecule has 0 aromatic heterocycles. The molecular weight excluding hydrogens is 301 g/mol. The van der Waals surface area contributed by atoms with Crippen LogP contribution in [-0.2, 0) is 0 Å². The highest BCUT2D eigenvalue weighted by Crippen LogP contribution is 2.48. The first kappa shape index (κ1) is 13.5. The summed E-state index contributed by atoms with van der Waals surface area (Å²) in [5, 5.41) is 9.41. The minimum atomic E-state index is 0. The largest absolute Gasteiger partial charge is 1.00 e. The van der Waals surface area contributed by atoms with Gasteiger partial charge in [0, 0.05) is 12.5 Å². The lowest BCUT2D eigenvalue weighted by molar-refractivity contribution is -0.874. The number of aliphatic hydroxyl groups excluding tert-OH is 1. The summed E-state index contributed by atoms with van der Waals surface area (Å²) < 4.78 is 1.01. The number of allylic oxidation sites excluding steroid dienone is 2. The van der Waals surface area contributed by atoms with Crippen molar-refractivity contribution in [2.75, 3.05) is 34.3 Å². The fraction of sp³-hybridized carbons (Fsp3) is 0.833. The first-order chi connectivity index (χ1) is 6.51. The summed E-state index contributed by atoms with van der Waals surface area (Å²) in [7, 11) is 6.72. The lowest BCUT2D eigenvalue weighted by Crippen LogP contribution is -3.00. The Bertz CT molecular complexity index is 246. The maximum atomic E-state index is 9.41. The maximum Gasteiger partial charge on any atom is 0.0818 e. The second-order valence-electron chi connectivity index (χ2n) is 5.93. The second-order valence-corrected chi connectivity index (χ2v) is 5.93. The summed E-state index contributed by atoms with van der Waals surface area (Å²) >= 11 is 0. The number of hydrogen-bond acceptors (Lipinski definition) is 1. The van der Waals surface area contributed by atoms with Gasteiger partial charge in [0.15, 0.2) is 0 Å². The first-order valence-corrected chi connectivity index (χ1v) is 5.61. The van der Waals surface area contributed by atoms with Crippen molar-refractivity contribution in [3.8, 4) is 0 Å². The number of nitrogens with zero attached hydrogens (tertiary/aromatic N) is 1. The van der Waals surface area contributed by atoms with Gasteiger partial charge in [-0.2, -0.15) is 0 Å². The molecule has 4 atom stereocenters. The topological polar surface area (TPSA) is 20.2 Å². The lowest BCUT2D eigenvalue weighted by atomic mass is 9.83. The van der Waals surface area contributed by atoms with E-state index in [-0.39, 0.29) is 24.0 Å². The van der Waals surface area contributed by atoms with Gasteiger partial charge in [-0.05, 0) is 24.2 Å². The van der Waals surface area contributed by atoms with Crippen LogP contribution in [0.5, 0.6) is 0 Å². The van der Waals surface area contributed by atoms with Gasteiger partial charge in [-0.15, -0.1) is 0 Å². The number of fused-ring (bicyclic) bond motifs is 2. The van der Waals surface area contributed by atoms with Crippen molar-refractivity contribution in [2.24, 2.45) is 23.7 Å². The summed E-state index contributed by atoms with van der Waals surface area (Å²) in [6.45, 7) is 1.56. The van der Waals surface area contributed by atoms with E-state index in [1.165, 1.54) is 13.0 Å². The van der Waals surface area contributed by atoms with Crippen molar-refractivity contribution >= 4 is 0 Å². The molecule has 0 aromatic rings. The Morgan fingerprint density at radius 1 is 1.13 bits per heavy atom. The fourth-order valence-corrected chi connectivity index (χ4v) is 3.20. The van der Waals surface area contributed by atoms with Gasteiger partial charge in [-0.25, -0.2) is 0 Å². The zero-order valence-electron chi connectivity index (χ0n) is 9.86. The molecule has 3 heteroatoms. The van der Waals surface area contributed by atoms with Crippen LogP contribution in [0.15, 0.2) is 12.2 Å². The van der Waals surface area contributed by atoms with E-state index in [0.717, 1.165) is 10.4 Å². The van der Waals surface area contributed by atoms with Gasteiger partial charge in [0.05, 0.1) is 27.7 Å². The molecule has 0 aromatic carbocycles. The van der Waals surface area contributed by atoms with Crippen molar-refractivity contribution < 1.29 is 33.6 Å². The quantitative estimate of drug-likeness (QED) is 0.367. The zero-order chi connectivity index (χ0) is 10.3. The Balaban J connectivity index is 0.00000112. The molecule has 0 saturated heterocycles. The average molecular weight is 323 g/mol. The molecule has 2 aliphatic rings. The molecule has 2 rings (SSSR count). The Hall–Kier alpha value is 0.390. The van der Waals surface area contributed by atoms with Crippen LogP contribution in [0.4, 0.5) is 0 Å². The van der Waals surface area contributed by atoms with Crippen LogP contribution in [0.1, 0.15) is 6.42 Å². The summed E-state index contributed by atoms with van der Waals surface area (Å²) in [5.74, 6) is 2.65. The van der Waals surface area contributed by atoms with Crippen LogP contribution >= 0.6 is 0 Å². The Labute approximate surface area is 110 Å². The van der Waals surface area contributed by atoms with Crippen molar-refractivity contribution in [1.82, 2.24) is 0 Å². The van der Waals surface area contributed by atoms with E-state index in [1.54, 1.807) is 0 Å². The molecule has 1 N–H and O–H groups in total. The molecule has 1 saturated carbocycles. The standard InChI is InChI=1S/C12H22NO.HI/c1-13(2,3)7-11-9-4-5-10(6-9)12(11)8-14;/h4-5,9-12,14H,6-8H2,1-3H3;1H/q+1;/p-1. The van der Waals surface area contributed by atoms with Gasteiger partial charge in [0.25, 0.3) is 0 Å². The lowest BCUT2D eigenvalue weighted by Gasteiger charge is -2.33. The van der Waals surface area contributed by atoms with Gasteiger partial charge in [-0.3, -0.25) is 0 Å². The van der Waals surface area contributed by atoms with E-state index < -0.39 is 0 Å². The van der Waals surface area contributed by atoms with Crippen LogP contribution in [0.3, 0.4) is 0 Å². The minimum absolute atomic E-state index is 0. The van der Waals surface area contributed by atoms with E-state index in [9.17, 15) is 5.11 Å². The molecule has 2 aliphatic carbocycles. The minimum Gasteiger partial charge on any atom is -1.00 e. The number of rotatable bonds is 3. The van der Waals surface area contributed by atoms with Crippen LogP contribution in [-0.4, -0.2) is 43.9 Å². The number of quaternary nitrogens is 1.